The lowest BCUT2D eigenvalue weighted by atomic mass is 9.99. The number of carbonyl (C=O) groups excluding carboxylic acids is 1. The predicted octanol–water partition coefficient (Wildman–Crippen LogP) is 1.12. The van der Waals surface area contributed by atoms with Crippen molar-refractivity contribution >= 4 is 17.7 Å². The molecule has 3 heterocycles. The Labute approximate surface area is 170 Å². The van der Waals surface area contributed by atoms with E-state index in [0.717, 1.165) is 36.8 Å². The smallest absolute Gasteiger partial charge is 0.247 e. The van der Waals surface area contributed by atoms with E-state index >= 15 is 0 Å². The Morgan fingerprint density at radius 1 is 0.966 bits per heavy atom. The molecule has 2 aliphatic heterocycles. The van der Waals surface area contributed by atoms with Gasteiger partial charge in [0, 0.05) is 46.2 Å². The number of anilines is 2. The van der Waals surface area contributed by atoms with Gasteiger partial charge in [-0.05, 0) is 29.7 Å². The number of hydrogen-bond acceptors (Lipinski definition) is 8. The summed E-state index contributed by atoms with van der Waals surface area (Å²) in [5, 5.41) is 8.41. The number of nitrogens with zero attached hydrogens (tertiary/aromatic N) is 6. The third-order valence-corrected chi connectivity index (χ3v) is 5.58. The second-order valence-electron chi connectivity index (χ2n) is 7.26. The molecular formula is C20H26N6O3. The van der Waals surface area contributed by atoms with Gasteiger partial charge >= 0.3 is 0 Å². The molecule has 2 aromatic rings. The maximum absolute atomic E-state index is 11.5. The standard InChI is InChI=1S/C20H26N6O3/c1-14(27)24-6-8-25(9-7-24)20-22-19(12-21-23-20)26-5-4-15-10-17(28-2)18(29-3)11-16(15)13-26/h10-12H,4-9,13H2,1-3H3. The van der Waals surface area contributed by atoms with E-state index in [4.69, 9.17) is 14.5 Å². The number of benzene rings is 1. The molecule has 0 unspecified atom stereocenters. The average Bonchev–Trinajstić information content (AvgIpc) is 2.77. The first-order valence-electron chi connectivity index (χ1n) is 9.78. The minimum absolute atomic E-state index is 0.108. The van der Waals surface area contributed by atoms with Crippen LogP contribution in [0.3, 0.4) is 0 Å². The van der Waals surface area contributed by atoms with Crippen LogP contribution in [0.15, 0.2) is 18.3 Å². The summed E-state index contributed by atoms with van der Waals surface area (Å²) in [7, 11) is 3.31. The minimum Gasteiger partial charge on any atom is -0.493 e. The fourth-order valence-corrected chi connectivity index (χ4v) is 3.87. The van der Waals surface area contributed by atoms with Gasteiger partial charge in [-0.1, -0.05) is 0 Å². The zero-order chi connectivity index (χ0) is 20.4. The summed E-state index contributed by atoms with van der Waals surface area (Å²) >= 11 is 0. The first-order chi connectivity index (χ1) is 14.1. The Balaban J connectivity index is 1.50. The van der Waals surface area contributed by atoms with E-state index < -0.39 is 0 Å². The number of piperazine rings is 1. The summed E-state index contributed by atoms with van der Waals surface area (Å²) < 4.78 is 10.9. The zero-order valence-electron chi connectivity index (χ0n) is 17.1. The lowest BCUT2D eigenvalue weighted by molar-refractivity contribution is -0.129. The maximum Gasteiger partial charge on any atom is 0.247 e. The van der Waals surface area contributed by atoms with E-state index in [0.29, 0.717) is 32.1 Å². The molecule has 0 bridgehead atoms. The molecular weight excluding hydrogens is 372 g/mol. The van der Waals surface area contributed by atoms with Crippen LogP contribution in [-0.2, 0) is 17.8 Å². The van der Waals surface area contributed by atoms with Crippen molar-refractivity contribution in [1.29, 1.82) is 0 Å². The van der Waals surface area contributed by atoms with Crippen LogP contribution in [0.25, 0.3) is 0 Å². The molecule has 0 saturated carbocycles. The highest BCUT2D eigenvalue weighted by Crippen LogP contribution is 2.34. The Morgan fingerprint density at radius 3 is 2.31 bits per heavy atom. The van der Waals surface area contributed by atoms with Gasteiger partial charge in [0.25, 0.3) is 0 Å². The summed E-state index contributed by atoms with van der Waals surface area (Å²) in [4.78, 5) is 22.4. The van der Waals surface area contributed by atoms with Crippen LogP contribution in [0.1, 0.15) is 18.1 Å². The van der Waals surface area contributed by atoms with Crippen molar-refractivity contribution in [2.45, 2.75) is 19.9 Å². The van der Waals surface area contributed by atoms with Crippen LogP contribution in [0.2, 0.25) is 0 Å². The summed E-state index contributed by atoms with van der Waals surface area (Å²) in [5.41, 5.74) is 2.46. The number of ether oxygens (including phenoxy) is 2. The van der Waals surface area contributed by atoms with Crippen molar-refractivity contribution in [2.24, 2.45) is 0 Å². The van der Waals surface area contributed by atoms with Crippen molar-refractivity contribution in [3.8, 4) is 11.5 Å². The molecule has 9 nitrogen and oxygen atoms in total. The fraction of sp³-hybridized carbons (Fsp3) is 0.500. The highest BCUT2D eigenvalue weighted by molar-refractivity contribution is 5.73. The largest absolute Gasteiger partial charge is 0.493 e. The number of hydrogen-bond donors (Lipinski definition) is 0. The lowest BCUT2D eigenvalue weighted by Gasteiger charge is -2.34. The van der Waals surface area contributed by atoms with Gasteiger partial charge in [0.15, 0.2) is 17.3 Å². The van der Waals surface area contributed by atoms with Gasteiger partial charge in [0.2, 0.25) is 11.9 Å². The van der Waals surface area contributed by atoms with Gasteiger partial charge in [-0.15, -0.1) is 5.10 Å². The number of aromatic nitrogens is 3. The van der Waals surface area contributed by atoms with Gasteiger partial charge in [-0.2, -0.15) is 10.1 Å². The van der Waals surface area contributed by atoms with E-state index in [1.54, 1.807) is 27.3 Å². The SMILES string of the molecule is COc1cc2c(cc1OC)CN(c1cnnc(N3CCN(C(C)=O)CC3)n1)CC2. The Kier molecular flexibility index (Phi) is 5.37. The second-order valence-corrected chi connectivity index (χ2v) is 7.26. The highest BCUT2D eigenvalue weighted by Gasteiger charge is 2.24. The second kappa shape index (κ2) is 8.10. The predicted molar refractivity (Wildman–Crippen MR) is 109 cm³/mol. The number of rotatable bonds is 4. The molecule has 2 aliphatic rings. The molecule has 0 spiro atoms. The first-order valence-corrected chi connectivity index (χ1v) is 9.78. The molecule has 0 N–H and O–H groups in total. The molecule has 29 heavy (non-hydrogen) atoms. The Hall–Kier alpha value is -3.10. The molecule has 1 saturated heterocycles. The van der Waals surface area contributed by atoms with Gasteiger partial charge in [0.05, 0.1) is 20.4 Å². The maximum atomic E-state index is 11.5. The van der Waals surface area contributed by atoms with Crippen molar-refractivity contribution in [3.05, 3.63) is 29.5 Å². The van der Waals surface area contributed by atoms with Crippen LogP contribution in [0.4, 0.5) is 11.8 Å². The summed E-state index contributed by atoms with van der Waals surface area (Å²) in [6.45, 7) is 5.97. The monoisotopic (exact) mass is 398 g/mol. The molecule has 9 heteroatoms. The topological polar surface area (TPSA) is 83.9 Å². The van der Waals surface area contributed by atoms with Gasteiger partial charge in [-0.25, -0.2) is 0 Å². The van der Waals surface area contributed by atoms with Crippen LogP contribution >= 0.6 is 0 Å². The van der Waals surface area contributed by atoms with E-state index in [1.807, 2.05) is 11.0 Å². The minimum atomic E-state index is 0.108. The fourth-order valence-electron chi connectivity index (χ4n) is 3.87. The quantitative estimate of drug-likeness (QED) is 0.758. The molecule has 4 rings (SSSR count). The molecule has 1 aromatic carbocycles. The number of fused-ring (bicyclic) bond motifs is 1. The van der Waals surface area contributed by atoms with Gasteiger partial charge < -0.3 is 24.2 Å². The molecule has 0 atom stereocenters. The van der Waals surface area contributed by atoms with Crippen molar-refractivity contribution in [3.63, 3.8) is 0 Å². The van der Waals surface area contributed by atoms with Gasteiger partial charge in [0.1, 0.15) is 0 Å². The van der Waals surface area contributed by atoms with Crippen LogP contribution in [0, 0.1) is 0 Å². The van der Waals surface area contributed by atoms with E-state index in [9.17, 15) is 4.79 Å². The third-order valence-electron chi connectivity index (χ3n) is 5.58. The van der Waals surface area contributed by atoms with E-state index in [1.165, 1.54) is 11.1 Å². The molecule has 154 valence electrons. The number of methoxy groups -OCH3 is 2. The molecule has 0 aliphatic carbocycles. The summed E-state index contributed by atoms with van der Waals surface area (Å²) in [5.74, 6) is 3.03. The molecule has 1 fully saturated rings. The van der Waals surface area contributed by atoms with E-state index in [-0.39, 0.29) is 5.91 Å². The molecule has 1 aromatic heterocycles. The Bertz CT molecular complexity index is 898. The zero-order valence-corrected chi connectivity index (χ0v) is 17.1. The number of carbonyl (C=O) groups is 1. The molecule has 1 amide bonds. The normalized spacial score (nSPS) is 16.4. The first kappa shape index (κ1) is 19.2. The molecule has 0 radical (unpaired) electrons. The average molecular weight is 398 g/mol. The number of amides is 1. The van der Waals surface area contributed by atoms with Crippen molar-refractivity contribution < 1.29 is 14.3 Å². The third kappa shape index (κ3) is 3.90. The van der Waals surface area contributed by atoms with Crippen LogP contribution < -0.4 is 19.3 Å². The lowest BCUT2D eigenvalue weighted by Crippen LogP contribution is -2.48. The van der Waals surface area contributed by atoms with Crippen LogP contribution in [0.5, 0.6) is 11.5 Å². The van der Waals surface area contributed by atoms with E-state index in [2.05, 4.69) is 26.1 Å². The van der Waals surface area contributed by atoms with Gasteiger partial charge in [-0.3, -0.25) is 4.79 Å². The Morgan fingerprint density at radius 2 is 1.66 bits per heavy atom. The van der Waals surface area contributed by atoms with Crippen LogP contribution in [-0.4, -0.2) is 72.9 Å². The summed E-state index contributed by atoms with van der Waals surface area (Å²) in [6, 6.07) is 4.10. The highest BCUT2D eigenvalue weighted by atomic mass is 16.5. The van der Waals surface area contributed by atoms with Crippen molar-refractivity contribution in [1.82, 2.24) is 20.1 Å². The summed E-state index contributed by atoms with van der Waals surface area (Å²) in [6.07, 6.45) is 2.60. The van der Waals surface area contributed by atoms with Crippen molar-refractivity contribution in [2.75, 3.05) is 56.7 Å².